The molecule has 1 N–H and O–H groups in total. The minimum atomic E-state index is -0.109. The molecule has 21 heavy (non-hydrogen) atoms. The summed E-state index contributed by atoms with van der Waals surface area (Å²) >= 11 is 0. The van der Waals surface area contributed by atoms with Crippen LogP contribution in [-0.2, 0) is 0 Å². The van der Waals surface area contributed by atoms with Crippen LogP contribution in [0.5, 0.6) is 5.75 Å². The minimum Gasteiger partial charge on any atom is -0.487 e. The van der Waals surface area contributed by atoms with Gasteiger partial charge in [-0.05, 0) is 45.5 Å². The molecule has 3 nitrogen and oxygen atoms in total. The predicted octanol–water partition coefficient (Wildman–Crippen LogP) is 3.56. The average molecular weight is 290 g/mol. The standard InChI is InChI=1S/C18H30N2O/c1-13(2)14-7-8-17-15(11-14)16(12-18(3,4)21-17)19-9-10-20(5)6/h7-8,11,13,16,19H,9-10,12H2,1-6H3. The number of nitrogens with one attached hydrogen (secondary N) is 1. The summed E-state index contributed by atoms with van der Waals surface area (Å²) in [5.74, 6) is 1.59. The quantitative estimate of drug-likeness (QED) is 0.897. The molecule has 0 saturated carbocycles. The van der Waals surface area contributed by atoms with Crippen LogP contribution in [0.25, 0.3) is 0 Å². The summed E-state index contributed by atoms with van der Waals surface area (Å²) in [6.45, 7) is 10.9. The van der Waals surface area contributed by atoms with Gasteiger partial charge < -0.3 is 15.0 Å². The first-order chi connectivity index (χ1) is 9.78. The molecular formula is C18H30N2O. The topological polar surface area (TPSA) is 24.5 Å². The van der Waals surface area contributed by atoms with Gasteiger partial charge in [0.1, 0.15) is 11.4 Å². The summed E-state index contributed by atoms with van der Waals surface area (Å²) in [6.07, 6.45) is 1.01. The van der Waals surface area contributed by atoms with Crippen molar-refractivity contribution in [3.05, 3.63) is 29.3 Å². The Morgan fingerprint density at radius 1 is 1.33 bits per heavy atom. The van der Waals surface area contributed by atoms with E-state index in [-0.39, 0.29) is 5.60 Å². The average Bonchev–Trinajstić information content (AvgIpc) is 2.36. The molecule has 3 heteroatoms. The van der Waals surface area contributed by atoms with Crippen molar-refractivity contribution in [1.29, 1.82) is 0 Å². The van der Waals surface area contributed by atoms with Gasteiger partial charge in [0.15, 0.2) is 0 Å². The molecule has 1 aliphatic heterocycles. The van der Waals surface area contributed by atoms with Crippen LogP contribution < -0.4 is 10.1 Å². The maximum absolute atomic E-state index is 6.16. The Labute approximate surface area is 129 Å². The summed E-state index contributed by atoms with van der Waals surface area (Å²) in [6, 6.07) is 7.04. The van der Waals surface area contributed by atoms with Crippen molar-refractivity contribution < 1.29 is 4.74 Å². The van der Waals surface area contributed by atoms with Gasteiger partial charge in [-0.15, -0.1) is 0 Å². The zero-order chi connectivity index (χ0) is 15.6. The maximum atomic E-state index is 6.16. The van der Waals surface area contributed by atoms with Crippen LogP contribution in [0.15, 0.2) is 18.2 Å². The fraction of sp³-hybridized carbons (Fsp3) is 0.667. The molecule has 0 amide bonds. The van der Waals surface area contributed by atoms with Crippen LogP contribution in [0.3, 0.4) is 0 Å². The molecule has 1 unspecified atom stereocenters. The Morgan fingerprint density at radius 3 is 2.67 bits per heavy atom. The summed E-state index contributed by atoms with van der Waals surface area (Å²) in [5, 5.41) is 3.71. The molecule has 1 atom stereocenters. The third-order valence-corrected chi connectivity index (χ3v) is 4.11. The van der Waals surface area contributed by atoms with Crippen LogP contribution in [0.1, 0.15) is 57.2 Å². The van der Waals surface area contributed by atoms with Crippen LogP contribution in [0.4, 0.5) is 0 Å². The monoisotopic (exact) mass is 290 g/mol. The van der Waals surface area contributed by atoms with E-state index in [9.17, 15) is 0 Å². The van der Waals surface area contributed by atoms with Gasteiger partial charge in [0, 0.05) is 31.1 Å². The molecule has 0 bridgehead atoms. The molecule has 1 aromatic carbocycles. The van der Waals surface area contributed by atoms with Crippen molar-refractivity contribution in [2.24, 2.45) is 0 Å². The van der Waals surface area contributed by atoms with Crippen LogP contribution >= 0.6 is 0 Å². The van der Waals surface area contributed by atoms with Gasteiger partial charge in [-0.3, -0.25) is 0 Å². The SMILES string of the molecule is CC(C)c1ccc2c(c1)C(NCCN(C)C)CC(C)(C)O2. The molecule has 0 spiro atoms. The third kappa shape index (κ3) is 4.21. The highest BCUT2D eigenvalue weighted by molar-refractivity contribution is 5.42. The Hall–Kier alpha value is -1.06. The minimum absolute atomic E-state index is 0.109. The first-order valence-corrected chi connectivity index (χ1v) is 7.99. The lowest BCUT2D eigenvalue weighted by atomic mass is 9.87. The molecule has 0 aromatic heterocycles. The Bertz CT molecular complexity index is 480. The number of rotatable bonds is 5. The van der Waals surface area contributed by atoms with Crippen molar-refractivity contribution in [1.82, 2.24) is 10.2 Å². The second-order valence-corrected chi connectivity index (χ2v) is 7.33. The molecule has 118 valence electrons. The zero-order valence-corrected chi connectivity index (χ0v) is 14.4. The molecule has 0 saturated heterocycles. The third-order valence-electron chi connectivity index (χ3n) is 4.11. The van der Waals surface area contributed by atoms with E-state index >= 15 is 0 Å². The van der Waals surface area contributed by atoms with Gasteiger partial charge >= 0.3 is 0 Å². The van der Waals surface area contributed by atoms with Gasteiger partial charge in [-0.2, -0.15) is 0 Å². The second kappa shape index (κ2) is 6.37. The van der Waals surface area contributed by atoms with Crippen molar-refractivity contribution in [3.63, 3.8) is 0 Å². The molecule has 1 aliphatic rings. The summed E-state index contributed by atoms with van der Waals surface area (Å²) in [4.78, 5) is 2.21. The van der Waals surface area contributed by atoms with Crippen LogP contribution in [0.2, 0.25) is 0 Å². The van der Waals surface area contributed by atoms with E-state index < -0.39 is 0 Å². The van der Waals surface area contributed by atoms with Crippen molar-refractivity contribution in [2.75, 3.05) is 27.2 Å². The highest BCUT2D eigenvalue weighted by Gasteiger charge is 2.33. The first-order valence-electron chi connectivity index (χ1n) is 7.99. The van der Waals surface area contributed by atoms with E-state index in [0.717, 1.165) is 25.3 Å². The van der Waals surface area contributed by atoms with Crippen LogP contribution in [0, 0.1) is 0 Å². The second-order valence-electron chi connectivity index (χ2n) is 7.33. The van der Waals surface area contributed by atoms with E-state index in [0.29, 0.717) is 12.0 Å². The summed E-state index contributed by atoms with van der Waals surface area (Å²) in [5.41, 5.74) is 2.60. The van der Waals surface area contributed by atoms with E-state index in [1.807, 2.05) is 0 Å². The van der Waals surface area contributed by atoms with Crippen molar-refractivity contribution in [2.45, 2.75) is 51.7 Å². The van der Waals surface area contributed by atoms with Crippen molar-refractivity contribution in [3.8, 4) is 5.75 Å². The van der Waals surface area contributed by atoms with Gasteiger partial charge in [-0.1, -0.05) is 26.0 Å². The van der Waals surface area contributed by atoms with E-state index in [4.69, 9.17) is 4.74 Å². The zero-order valence-electron chi connectivity index (χ0n) is 14.4. The summed E-state index contributed by atoms with van der Waals surface area (Å²) in [7, 11) is 4.22. The highest BCUT2D eigenvalue weighted by atomic mass is 16.5. The fourth-order valence-electron chi connectivity index (χ4n) is 2.88. The highest BCUT2D eigenvalue weighted by Crippen LogP contribution is 2.40. The number of nitrogens with zero attached hydrogens (tertiary/aromatic N) is 1. The Balaban J connectivity index is 2.22. The normalized spacial score (nSPS) is 20.5. The molecule has 0 aliphatic carbocycles. The first kappa shape index (κ1) is 16.3. The van der Waals surface area contributed by atoms with Gasteiger partial charge in [0.25, 0.3) is 0 Å². The summed E-state index contributed by atoms with van der Waals surface area (Å²) < 4.78 is 6.16. The van der Waals surface area contributed by atoms with Gasteiger partial charge in [0.05, 0.1) is 0 Å². The maximum Gasteiger partial charge on any atom is 0.124 e. The lowest BCUT2D eigenvalue weighted by molar-refractivity contribution is 0.0657. The molecule has 1 aromatic rings. The number of hydrogen-bond acceptors (Lipinski definition) is 3. The number of hydrogen-bond donors (Lipinski definition) is 1. The Kier molecular flexibility index (Phi) is 4.95. The number of fused-ring (bicyclic) bond motifs is 1. The molecule has 0 fully saturated rings. The van der Waals surface area contributed by atoms with E-state index in [1.54, 1.807) is 0 Å². The van der Waals surface area contributed by atoms with E-state index in [1.165, 1.54) is 11.1 Å². The predicted molar refractivity (Wildman–Crippen MR) is 89.2 cm³/mol. The molecule has 0 radical (unpaired) electrons. The number of ether oxygens (including phenoxy) is 1. The Morgan fingerprint density at radius 2 is 2.05 bits per heavy atom. The number of likely N-dealkylation sites (N-methyl/N-ethyl adjacent to an activating group) is 1. The van der Waals surface area contributed by atoms with E-state index in [2.05, 4.69) is 70.2 Å². The molecular weight excluding hydrogens is 260 g/mol. The lowest BCUT2D eigenvalue weighted by Crippen LogP contribution is -2.41. The largest absolute Gasteiger partial charge is 0.487 e. The van der Waals surface area contributed by atoms with Gasteiger partial charge in [-0.25, -0.2) is 0 Å². The smallest absolute Gasteiger partial charge is 0.124 e. The number of benzene rings is 1. The molecule has 2 rings (SSSR count). The van der Waals surface area contributed by atoms with Gasteiger partial charge in [0.2, 0.25) is 0 Å². The fourth-order valence-corrected chi connectivity index (χ4v) is 2.88. The molecule has 1 heterocycles. The van der Waals surface area contributed by atoms with Crippen molar-refractivity contribution >= 4 is 0 Å². The lowest BCUT2D eigenvalue weighted by Gasteiger charge is -2.38. The van der Waals surface area contributed by atoms with Crippen LogP contribution in [-0.4, -0.2) is 37.7 Å².